The van der Waals surface area contributed by atoms with E-state index in [2.05, 4.69) is 28.5 Å². The molecule has 1 aromatic carbocycles. The molecule has 8 nitrogen and oxygen atoms in total. The van der Waals surface area contributed by atoms with E-state index in [-0.39, 0.29) is 5.56 Å². The van der Waals surface area contributed by atoms with Gasteiger partial charge in [-0.25, -0.2) is 14.4 Å². The maximum Gasteiger partial charge on any atom is 0.335 e. The lowest BCUT2D eigenvalue weighted by Crippen LogP contribution is -2.30. The maximum atomic E-state index is 12.6. The summed E-state index contributed by atoms with van der Waals surface area (Å²) in [5, 5.41) is 13.5. The number of carbonyl (C=O) groups excluding carboxylic acids is 1. The number of aromatic nitrogens is 2. The van der Waals surface area contributed by atoms with Crippen molar-refractivity contribution >= 4 is 18.2 Å². The molecule has 3 rings (SSSR count). The van der Waals surface area contributed by atoms with Gasteiger partial charge < -0.3 is 10.4 Å². The molecule has 0 spiro atoms. The standard InChI is InChI=1S/C24H24N4O4/c1-5-16-17(9-10-25-13-29)20(26-19(16)6-2)12-18-22(30)27-24(32)28(23(18)31)21-8-7-14(3)11-15(21)4/h5-8,11-13,31H,1-2,9-10H2,3-4H3,(H,25,29)(H,27,30,32)/b20-12-. The molecule has 0 saturated carbocycles. The van der Waals surface area contributed by atoms with Crippen LogP contribution >= 0.6 is 0 Å². The number of aromatic amines is 1. The molecule has 2 aromatic rings. The van der Waals surface area contributed by atoms with Crippen LogP contribution in [-0.2, 0) is 4.79 Å². The number of H-pyrrole nitrogens is 1. The minimum atomic E-state index is -0.749. The predicted octanol–water partition coefficient (Wildman–Crippen LogP) is 2.45. The lowest BCUT2D eigenvalue weighted by atomic mass is 10.0. The Bertz CT molecular complexity index is 1320. The normalized spacial score (nSPS) is 14.4. The van der Waals surface area contributed by atoms with Gasteiger partial charge in [0.15, 0.2) is 0 Å². The molecule has 1 amide bonds. The highest BCUT2D eigenvalue weighted by Crippen LogP contribution is 2.32. The number of rotatable bonds is 8. The summed E-state index contributed by atoms with van der Waals surface area (Å²) < 4.78 is 1.06. The van der Waals surface area contributed by atoms with Crippen LogP contribution in [0.1, 0.15) is 23.1 Å². The summed E-state index contributed by atoms with van der Waals surface area (Å²) in [5.41, 5.74) is 3.03. The Morgan fingerprint density at radius 3 is 2.59 bits per heavy atom. The van der Waals surface area contributed by atoms with Crippen LogP contribution in [0.5, 0.6) is 5.88 Å². The Hall–Kier alpha value is -4.20. The van der Waals surface area contributed by atoms with Crippen LogP contribution in [0.15, 0.2) is 74.9 Å². The molecule has 0 unspecified atom stereocenters. The van der Waals surface area contributed by atoms with Crippen LogP contribution < -0.4 is 16.6 Å². The molecule has 1 aromatic heterocycles. The topological polar surface area (TPSA) is 117 Å². The number of aryl methyl sites for hydroxylation is 2. The largest absolute Gasteiger partial charge is 0.494 e. The first-order valence-electron chi connectivity index (χ1n) is 9.94. The number of aromatic hydroxyl groups is 1. The summed E-state index contributed by atoms with van der Waals surface area (Å²) in [6.07, 6.45) is 5.62. The number of amides is 1. The van der Waals surface area contributed by atoms with Crippen LogP contribution in [0, 0.1) is 13.8 Å². The highest BCUT2D eigenvalue weighted by molar-refractivity contribution is 6.14. The lowest BCUT2D eigenvalue weighted by Gasteiger charge is -2.13. The molecule has 0 fully saturated rings. The molecule has 32 heavy (non-hydrogen) atoms. The van der Waals surface area contributed by atoms with Gasteiger partial charge in [0.1, 0.15) is 5.56 Å². The van der Waals surface area contributed by atoms with Crippen LogP contribution in [0.4, 0.5) is 0 Å². The molecule has 2 heterocycles. The van der Waals surface area contributed by atoms with Crippen LogP contribution in [0.3, 0.4) is 0 Å². The van der Waals surface area contributed by atoms with Crippen LogP contribution in [0.2, 0.25) is 0 Å². The average molecular weight is 432 g/mol. The van der Waals surface area contributed by atoms with Crippen molar-refractivity contribution in [2.24, 2.45) is 4.99 Å². The molecule has 0 bridgehead atoms. The second kappa shape index (κ2) is 9.30. The Morgan fingerprint density at radius 1 is 1.22 bits per heavy atom. The number of nitrogens with one attached hydrogen (secondary N) is 2. The summed E-state index contributed by atoms with van der Waals surface area (Å²) >= 11 is 0. The van der Waals surface area contributed by atoms with Crippen molar-refractivity contribution in [1.29, 1.82) is 0 Å². The van der Waals surface area contributed by atoms with E-state index >= 15 is 0 Å². The van der Waals surface area contributed by atoms with Crippen molar-refractivity contribution in [2.75, 3.05) is 6.54 Å². The maximum absolute atomic E-state index is 12.6. The van der Waals surface area contributed by atoms with Gasteiger partial charge in [-0.2, -0.15) is 0 Å². The van der Waals surface area contributed by atoms with Crippen molar-refractivity contribution in [1.82, 2.24) is 14.9 Å². The number of allylic oxidation sites excluding steroid dienone is 4. The second-order valence-electron chi connectivity index (χ2n) is 7.27. The van der Waals surface area contributed by atoms with E-state index in [9.17, 15) is 19.5 Å². The number of benzene rings is 1. The molecular weight excluding hydrogens is 408 g/mol. The fourth-order valence-electron chi connectivity index (χ4n) is 3.66. The number of hydrogen-bond acceptors (Lipinski definition) is 5. The third kappa shape index (κ3) is 4.15. The summed E-state index contributed by atoms with van der Waals surface area (Å²) in [5.74, 6) is -0.494. The molecule has 1 aliphatic heterocycles. The molecule has 164 valence electrons. The fourth-order valence-corrected chi connectivity index (χ4v) is 3.66. The van der Waals surface area contributed by atoms with Gasteiger partial charge in [-0.05, 0) is 49.6 Å². The van der Waals surface area contributed by atoms with Gasteiger partial charge >= 0.3 is 5.69 Å². The number of carbonyl (C=O) groups is 1. The fraction of sp³-hybridized carbons (Fsp3) is 0.167. The molecule has 0 atom stereocenters. The Balaban J connectivity index is 2.22. The number of aliphatic imine (C=N–C) groups is 1. The molecular formula is C24H24N4O4. The number of hydrogen-bond donors (Lipinski definition) is 3. The van der Waals surface area contributed by atoms with E-state index in [1.807, 2.05) is 26.0 Å². The van der Waals surface area contributed by atoms with Gasteiger partial charge in [-0.15, -0.1) is 0 Å². The molecule has 0 radical (unpaired) electrons. The summed E-state index contributed by atoms with van der Waals surface area (Å²) in [4.78, 5) is 42.6. The van der Waals surface area contributed by atoms with Crippen molar-refractivity contribution in [2.45, 2.75) is 20.3 Å². The van der Waals surface area contributed by atoms with E-state index in [0.29, 0.717) is 36.5 Å². The van der Waals surface area contributed by atoms with E-state index in [4.69, 9.17) is 0 Å². The third-order valence-corrected chi connectivity index (χ3v) is 5.15. The first kappa shape index (κ1) is 22.5. The zero-order valence-electron chi connectivity index (χ0n) is 17.9. The highest BCUT2D eigenvalue weighted by Gasteiger charge is 2.22. The van der Waals surface area contributed by atoms with E-state index in [1.54, 1.807) is 18.2 Å². The van der Waals surface area contributed by atoms with Gasteiger partial charge in [-0.3, -0.25) is 14.6 Å². The zero-order valence-corrected chi connectivity index (χ0v) is 17.9. The Morgan fingerprint density at radius 2 is 1.97 bits per heavy atom. The highest BCUT2D eigenvalue weighted by atomic mass is 16.3. The quantitative estimate of drug-likeness (QED) is 0.439. The summed E-state index contributed by atoms with van der Waals surface area (Å²) in [6, 6.07) is 5.39. The SMILES string of the molecule is C=CC1=N/C(=C\c2c(O)n(-c3ccc(C)cc3C)c(=O)[nH]c2=O)C(CCNC=O)=C1C=C. The first-order chi connectivity index (χ1) is 15.3. The zero-order chi connectivity index (χ0) is 23.4. The minimum absolute atomic E-state index is 0.113. The monoisotopic (exact) mass is 432 g/mol. The molecule has 1 aliphatic rings. The third-order valence-electron chi connectivity index (χ3n) is 5.15. The van der Waals surface area contributed by atoms with Gasteiger partial charge in [0, 0.05) is 12.1 Å². The Labute approximate surface area is 184 Å². The summed E-state index contributed by atoms with van der Waals surface area (Å²) in [7, 11) is 0. The van der Waals surface area contributed by atoms with E-state index in [0.717, 1.165) is 26.8 Å². The smallest absolute Gasteiger partial charge is 0.335 e. The van der Waals surface area contributed by atoms with Gasteiger partial charge in [-0.1, -0.05) is 36.9 Å². The second-order valence-corrected chi connectivity index (χ2v) is 7.27. The van der Waals surface area contributed by atoms with Crippen molar-refractivity contribution in [3.63, 3.8) is 0 Å². The van der Waals surface area contributed by atoms with E-state index < -0.39 is 17.1 Å². The molecule has 0 saturated heterocycles. The van der Waals surface area contributed by atoms with Crippen molar-refractivity contribution in [3.8, 4) is 11.6 Å². The summed E-state index contributed by atoms with van der Waals surface area (Å²) in [6.45, 7) is 11.6. The van der Waals surface area contributed by atoms with Gasteiger partial charge in [0.25, 0.3) is 5.56 Å². The number of nitrogens with zero attached hydrogens (tertiary/aromatic N) is 2. The van der Waals surface area contributed by atoms with Crippen molar-refractivity contribution < 1.29 is 9.90 Å². The van der Waals surface area contributed by atoms with Crippen LogP contribution in [-0.4, -0.2) is 33.3 Å². The Kier molecular flexibility index (Phi) is 6.53. The first-order valence-corrected chi connectivity index (χ1v) is 9.94. The molecule has 8 heteroatoms. The van der Waals surface area contributed by atoms with E-state index in [1.165, 1.54) is 6.08 Å². The lowest BCUT2D eigenvalue weighted by molar-refractivity contribution is -0.109. The predicted molar refractivity (Wildman–Crippen MR) is 125 cm³/mol. The molecule has 0 aliphatic carbocycles. The van der Waals surface area contributed by atoms with Gasteiger partial charge in [0.2, 0.25) is 12.3 Å². The average Bonchev–Trinajstić information content (AvgIpc) is 3.09. The van der Waals surface area contributed by atoms with Crippen molar-refractivity contribution in [3.05, 3.63) is 97.9 Å². The van der Waals surface area contributed by atoms with Crippen LogP contribution in [0.25, 0.3) is 11.8 Å². The van der Waals surface area contributed by atoms with Gasteiger partial charge in [0.05, 0.1) is 17.1 Å². The minimum Gasteiger partial charge on any atom is -0.494 e. The molecule has 3 N–H and O–H groups in total.